The largest absolute Gasteiger partial charge is 0.482 e. The standard InChI is InChI=1S/C12H12N4O4S/c1-7-13-12(21-16-7)15-11(19)14-8-3-2-4-9(5-8)20-6-10(17)18/h2-5H,6H2,1H3,(H,17,18)(H2,13,14,15,16,19). The summed E-state index contributed by atoms with van der Waals surface area (Å²) in [6.45, 7) is 1.28. The second kappa shape index (κ2) is 6.66. The Hall–Kier alpha value is -2.68. The number of nitrogens with one attached hydrogen (secondary N) is 2. The maximum Gasteiger partial charge on any atom is 0.341 e. The van der Waals surface area contributed by atoms with E-state index in [1.54, 1.807) is 25.1 Å². The van der Waals surface area contributed by atoms with Gasteiger partial charge in [0, 0.05) is 23.3 Å². The molecular formula is C12H12N4O4S. The Balaban J connectivity index is 1.94. The first-order chi connectivity index (χ1) is 10.0. The van der Waals surface area contributed by atoms with E-state index in [1.165, 1.54) is 6.07 Å². The van der Waals surface area contributed by atoms with Crippen molar-refractivity contribution in [2.45, 2.75) is 6.92 Å². The Morgan fingerprint density at radius 2 is 2.19 bits per heavy atom. The lowest BCUT2D eigenvalue weighted by Crippen LogP contribution is -2.19. The van der Waals surface area contributed by atoms with Gasteiger partial charge in [-0.15, -0.1) is 0 Å². The van der Waals surface area contributed by atoms with Gasteiger partial charge >= 0.3 is 12.0 Å². The molecule has 3 N–H and O–H groups in total. The van der Waals surface area contributed by atoms with E-state index in [4.69, 9.17) is 9.84 Å². The van der Waals surface area contributed by atoms with Crippen LogP contribution in [0.2, 0.25) is 0 Å². The van der Waals surface area contributed by atoms with Gasteiger partial charge in [0.1, 0.15) is 11.6 Å². The Morgan fingerprint density at radius 1 is 1.38 bits per heavy atom. The SMILES string of the molecule is Cc1nsc(NC(=O)Nc2cccc(OCC(=O)O)c2)n1. The number of ether oxygens (including phenoxy) is 1. The fourth-order valence-corrected chi connectivity index (χ4v) is 1.99. The molecule has 2 aromatic rings. The predicted molar refractivity (Wildman–Crippen MR) is 76.9 cm³/mol. The molecule has 0 spiro atoms. The Bertz CT molecular complexity index is 658. The van der Waals surface area contributed by atoms with Crippen LogP contribution >= 0.6 is 11.5 Å². The molecule has 1 aromatic heterocycles. The lowest BCUT2D eigenvalue weighted by molar-refractivity contribution is -0.139. The summed E-state index contributed by atoms with van der Waals surface area (Å²) < 4.78 is 8.96. The fraction of sp³-hybridized carbons (Fsp3) is 0.167. The van der Waals surface area contributed by atoms with Crippen LogP contribution < -0.4 is 15.4 Å². The maximum absolute atomic E-state index is 11.8. The van der Waals surface area contributed by atoms with Gasteiger partial charge in [0.05, 0.1) is 0 Å². The number of carboxylic acid groups (broad SMARTS) is 1. The molecule has 0 saturated heterocycles. The molecule has 1 aromatic carbocycles. The molecule has 8 nitrogen and oxygen atoms in total. The second-order valence-corrected chi connectivity index (χ2v) is 4.69. The van der Waals surface area contributed by atoms with Crippen molar-refractivity contribution in [1.29, 1.82) is 0 Å². The molecule has 0 bridgehead atoms. The van der Waals surface area contributed by atoms with Gasteiger partial charge in [0.15, 0.2) is 6.61 Å². The van der Waals surface area contributed by atoms with E-state index < -0.39 is 18.6 Å². The maximum atomic E-state index is 11.8. The summed E-state index contributed by atoms with van der Waals surface area (Å²) in [5.74, 6) is -0.140. The van der Waals surface area contributed by atoms with Crippen LogP contribution in [-0.2, 0) is 4.79 Å². The summed E-state index contributed by atoms with van der Waals surface area (Å²) in [5, 5.41) is 14.1. The number of urea groups is 1. The minimum atomic E-state index is -1.07. The van der Waals surface area contributed by atoms with Gasteiger partial charge in [-0.3, -0.25) is 5.32 Å². The normalized spacial score (nSPS) is 9.95. The van der Waals surface area contributed by atoms with Crippen LogP contribution in [-0.4, -0.2) is 33.1 Å². The third-order valence-corrected chi connectivity index (χ3v) is 2.92. The van der Waals surface area contributed by atoms with Crippen molar-refractivity contribution in [1.82, 2.24) is 9.36 Å². The summed E-state index contributed by atoms with van der Waals surface area (Å²) in [6, 6.07) is 5.94. The number of nitrogens with zero attached hydrogens (tertiary/aromatic N) is 2. The lowest BCUT2D eigenvalue weighted by Gasteiger charge is -2.07. The van der Waals surface area contributed by atoms with Gasteiger partial charge in [-0.1, -0.05) is 6.07 Å². The number of aliphatic carboxylic acids is 1. The van der Waals surface area contributed by atoms with Crippen molar-refractivity contribution in [3.05, 3.63) is 30.1 Å². The van der Waals surface area contributed by atoms with Gasteiger partial charge in [-0.2, -0.15) is 4.37 Å². The van der Waals surface area contributed by atoms with Crippen LogP contribution in [0.5, 0.6) is 5.75 Å². The van der Waals surface area contributed by atoms with Crippen LogP contribution in [0.3, 0.4) is 0 Å². The molecule has 0 aliphatic carbocycles. The van der Waals surface area contributed by atoms with E-state index in [1.807, 2.05) is 0 Å². The monoisotopic (exact) mass is 308 g/mol. The molecule has 2 amide bonds. The Morgan fingerprint density at radius 3 is 2.86 bits per heavy atom. The highest BCUT2D eigenvalue weighted by molar-refractivity contribution is 7.09. The molecule has 0 unspecified atom stereocenters. The zero-order valence-corrected chi connectivity index (χ0v) is 11.8. The van der Waals surface area contributed by atoms with E-state index >= 15 is 0 Å². The van der Waals surface area contributed by atoms with E-state index in [-0.39, 0.29) is 0 Å². The zero-order chi connectivity index (χ0) is 15.2. The average Bonchev–Trinajstić information content (AvgIpc) is 2.82. The molecule has 1 heterocycles. The summed E-state index contributed by atoms with van der Waals surface area (Å²) in [7, 11) is 0. The molecule has 21 heavy (non-hydrogen) atoms. The van der Waals surface area contributed by atoms with E-state index in [0.717, 1.165) is 11.5 Å². The molecule has 0 aliphatic heterocycles. The smallest absolute Gasteiger partial charge is 0.341 e. The van der Waals surface area contributed by atoms with Gasteiger partial charge in [0.25, 0.3) is 0 Å². The molecule has 110 valence electrons. The number of anilines is 2. The summed E-state index contributed by atoms with van der Waals surface area (Å²) in [5.41, 5.74) is 0.469. The van der Waals surface area contributed by atoms with Crippen LogP contribution in [0.15, 0.2) is 24.3 Å². The van der Waals surface area contributed by atoms with Gasteiger partial charge in [-0.25, -0.2) is 14.6 Å². The highest BCUT2D eigenvalue weighted by atomic mass is 32.1. The lowest BCUT2D eigenvalue weighted by atomic mass is 10.3. The molecular weight excluding hydrogens is 296 g/mol. The van der Waals surface area contributed by atoms with E-state index in [0.29, 0.717) is 22.4 Å². The van der Waals surface area contributed by atoms with Crippen molar-refractivity contribution in [2.24, 2.45) is 0 Å². The van der Waals surface area contributed by atoms with Crippen molar-refractivity contribution in [2.75, 3.05) is 17.2 Å². The average molecular weight is 308 g/mol. The van der Waals surface area contributed by atoms with Crippen LogP contribution in [0.25, 0.3) is 0 Å². The molecule has 0 fully saturated rings. The molecule has 0 atom stereocenters. The first-order valence-electron chi connectivity index (χ1n) is 5.86. The van der Waals surface area contributed by atoms with Gasteiger partial charge < -0.3 is 15.2 Å². The second-order valence-electron chi connectivity index (χ2n) is 3.94. The minimum absolute atomic E-state index is 0.349. The van der Waals surface area contributed by atoms with Gasteiger partial charge in [-0.05, 0) is 19.1 Å². The molecule has 2 rings (SSSR count). The summed E-state index contributed by atoms with van der Waals surface area (Å²) in [4.78, 5) is 26.2. The molecule has 0 saturated carbocycles. The van der Waals surface area contributed by atoms with Crippen molar-refractivity contribution < 1.29 is 19.4 Å². The van der Waals surface area contributed by atoms with E-state index in [2.05, 4.69) is 20.0 Å². The zero-order valence-electron chi connectivity index (χ0n) is 11.0. The van der Waals surface area contributed by atoms with Crippen molar-refractivity contribution >= 4 is 34.4 Å². The number of carboxylic acids is 1. The van der Waals surface area contributed by atoms with Crippen LogP contribution in [0, 0.1) is 6.92 Å². The minimum Gasteiger partial charge on any atom is -0.482 e. The molecule has 9 heteroatoms. The summed E-state index contributed by atoms with van der Waals surface area (Å²) in [6.07, 6.45) is 0. The Labute approximate surface area is 123 Å². The first kappa shape index (κ1) is 14.7. The van der Waals surface area contributed by atoms with Crippen molar-refractivity contribution in [3.8, 4) is 5.75 Å². The first-order valence-corrected chi connectivity index (χ1v) is 6.63. The fourth-order valence-electron chi connectivity index (χ4n) is 1.42. The Kier molecular flexibility index (Phi) is 4.67. The number of hydrogen-bond donors (Lipinski definition) is 3. The number of aryl methyl sites for hydroxylation is 1. The number of hydrogen-bond acceptors (Lipinski definition) is 6. The molecule has 0 aliphatic rings. The summed E-state index contributed by atoms with van der Waals surface area (Å²) >= 11 is 1.08. The number of carbonyl (C=O) groups excluding carboxylic acids is 1. The number of aromatic nitrogens is 2. The highest BCUT2D eigenvalue weighted by Gasteiger charge is 2.07. The molecule has 0 radical (unpaired) electrons. The van der Waals surface area contributed by atoms with E-state index in [9.17, 15) is 9.59 Å². The van der Waals surface area contributed by atoms with Crippen molar-refractivity contribution in [3.63, 3.8) is 0 Å². The topological polar surface area (TPSA) is 113 Å². The third kappa shape index (κ3) is 4.73. The van der Waals surface area contributed by atoms with Crippen LogP contribution in [0.4, 0.5) is 15.6 Å². The number of rotatable bonds is 5. The third-order valence-electron chi connectivity index (χ3n) is 2.20. The number of carbonyl (C=O) groups is 2. The predicted octanol–water partition coefficient (Wildman–Crippen LogP) is 1.95. The number of amides is 2. The van der Waals surface area contributed by atoms with Crippen LogP contribution in [0.1, 0.15) is 5.82 Å². The highest BCUT2D eigenvalue weighted by Crippen LogP contribution is 2.18. The quantitative estimate of drug-likeness (QED) is 0.778. The number of benzene rings is 1. The van der Waals surface area contributed by atoms with Gasteiger partial charge in [0.2, 0.25) is 5.13 Å².